The van der Waals surface area contributed by atoms with Gasteiger partial charge >= 0.3 is 0 Å². The highest BCUT2D eigenvalue weighted by molar-refractivity contribution is 7.15. The Balaban J connectivity index is 2.31. The maximum Gasteiger partial charge on any atom is 0.189 e. The summed E-state index contributed by atoms with van der Waals surface area (Å²) < 4.78 is 13.6. The van der Waals surface area contributed by atoms with Crippen molar-refractivity contribution in [2.75, 3.05) is 11.9 Å². The highest BCUT2D eigenvalue weighted by atomic mass is 32.1. The first kappa shape index (κ1) is 12.0. The first-order valence-electron chi connectivity index (χ1n) is 5.21. The second-order valence-corrected chi connectivity index (χ2v) is 4.77. The van der Waals surface area contributed by atoms with Crippen LogP contribution < -0.4 is 4.90 Å². The zero-order chi connectivity index (χ0) is 12.4. The fourth-order valence-electron chi connectivity index (χ4n) is 1.45. The molecule has 0 bridgehead atoms. The number of aliphatic hydroxyl groups excluding tert-OH is 1. The Labute approximate surface area is 103 Å². The highest BCUT2D eigenvalue weighted by Crippen LogP contribution is 2.31. The molecule has 0 saturated heterocycles. The van der Waals surface area contributed by atoms with Gasteiger partial charge in [0, 0.05) is 13.2 Å². The SMILES string of the molecule is CC(O)c1cnc(N(C)c2ccccc2F)s1. The van der Waals surface area contributed by atoms with Gasteiger partial charge in [0.05, 0.1) is 16.7 Å². The number of anilines is 2. The summed E-state index contributed by atoms with van der Waals surface area (Å²) in [5, 5.41) is 10.1. The van der Waals surface area contributed by atoms with Gasteiger partial charge in [0.1, 0.15) is 5.82 Å². The molecule has 0 spiro atoms. The molecule has 5 heteroatoms. The van der Waals surface area contributed by atoms with Gasteiger partial charge in [-0.1, -0.05) is 23.5 Å². The van der Waals surface area contributed by atoms with E-state index in [2.05, 4.69) is 4.98 Å². The fourth-order valence-corrected chi connectivity index (χ4v) is 2.28. The molecular weight excluding hydrogens is 239 g/mol. The Bertz CT molecular complexity index is 513. The molecule has 1 heterocycles. The van der Waals surface area contributed by atoms with Crippen molar-refractivity contribution in [3.05, 3.63) is 41.2 Å². The summed E-state index contributed by atoms with van der Waals surface area (Å²) in [7, 11) is 1.75. The van der Waals surface area contributed by atoms with Crippen LogP contribution in [0.4, 0.5) is 15.2 Å². The van der Waals surface area contributed by atoms with Crippen molar-refractivity contribution in [1.29, 1.82) is 0 Å². The third kappa shape index (κ3) is 2.45. The largest absolute Gasteiger partial charge is 0.388 e. The van der Waals surface area contributed by atoms with Crippen LogP contribution in [0, 0.1) is 5.82 Å². The van der Waals surface area contributed by atoms with Gasteiger partial charge in [-0.3, -0.25) is 0 Å². The minimum absolute atomic E-state index is 0.288. The van der Waals surface area contributed by atoms with Crippen molar-refractivity contribution in [3.8, 4) is 0 Å². The summed E-state index contributed by atoms with van der Waals surface area (Å²) in [4.78, 5) is 6.61. The predicted molar refractivity (Wildman–Crippen MR) is 67.2 cm³/mol. The van der Waals surface area contributed by atoms with Crippen LogP contribution in [0.5, 0.6) is 0 Å². The first-order valence-corrected chi connectivity index (χ1v) is 6.03. The van der Waals surface area contributed by atoms with Gasteiger partial charge in [-0.25, -0.2) is 9.37 Å². The van der Waals surface area contributed by atoms with Crippen LogP contribution in [0.2, 0.25) is 0 Å². The molecule has 1 aromatic carbocycles. The van der Waals surface area contributed by atoms with Crippen LogP contribution in [-0.4, -0.2) is 17.1 Å². The van der Waals surface area contributed by atoms with E-state index in [1.807, 2.05) is 0 Å². The fraction of sp³-hybridized carbons (Fsp3) is 0.250. The van der Waals surface area contributed by atoms with E-state index in [1.165, 1.54) is 17.4 Å². The molecular formula is C12H13FN2OS. The quantitative estimate of drug-likeness (QED) is 0.911. The Kier molecular flexibility index (Phi) is 3.40. The molecule has 0 saturated carbocycles. The standard InChI is InChI=1S/C12H13FN2OS/c1-8(16)11-7-14-12(17-11)15(2)10-6-4-3-5-9(10)13/h3-8,16H,1-2H3. The number of hydrogen-bond acceptors (Lipinski definition) is 4. The summed E-state index contributed by atoms with van der Waals surface area (Å²) in [6, 6.07) is 6.53. The van der Waals surface area contributed by atoms with Gasteiger partial charge in [-0.05, 0) is 19.1 Å². The number of aromatic nitrogens is 1. The molecule has 3 nitrogen and oxygen atoms in total. The van der Waals surface area contributed by atoms with E-state index in [1.54, 1.807) is 43.3 Å². The van der Waals surface area contributed by atoms with E-state index in [0.717, 1.165) is 4.88 Å². The van der Waals surface area contributed by atoms with Gasteiger partial charge < -0.3 is 10.0 Å². The van der Waals surface area contributed by atoms with Crippen molar-refractivity contribution < 1.29 is 9.50 Å². The molecule has 1 atom stereocenters. The Morgan fingerprint density at radius 2 is 2.12 bits per heavy atom. The number of benzene rings is 1. The molecule has 90 valence electrons. The van der Waals surface area contributed by atoms with Gasteiger partial charge in [-0.15, -0.1) is 0 Å². The van der Waals surface area contributed by atoms with Gasteiger partial charge in [-0.2, -0.15) is 0 Å². The summed E-state index contributed by atoms with van der Waals surface area (Å²) in [5.74, 6) is -0.288. The molecule has 2 aromatic rings. The van der Waals surface area contributed by atoms with E-state index in [-0.39, 0.29) is 5.82 Å². The average Bonchev–Trinajstić information content (AvgIpc) is 2.78. The zero-order valence-electron chi connectivity index (χ0n) is 9.59. The molecule has 0 aliphatic heterocycles. The number of aliphatic hydroxyl groups is 1. The first-order chi connectivity index (χ1) is 8.09. The molecule has 0 amide bonds. The van der Waals surface area contributed by atoms with E-state index in [9.17, 15) is 9.50 Å². The lowest BCUT2D eigenvalue weighted by Gasteiger charge is -2.16. The zero-order valence-corrected chi connectivity index (χ0v) is 10.4. The number of hydrogen-bond donors (Lipinski definition) is 1. The van der Waals surface area contributed by atoms with Crippen LogP contribution in [0.25, 0.3) is 0 Å². The molecule has 2 rings (SSSR count). The number of nitrogens with zero attached hydrogens (tertiary/aromatic N) is 2. The summed E-state index contributed by atoms with van der Waals surface area (Å²) >= 11 is 1.35. The summed E-state index contributed by atoms with van der Waals surface area (Å²) in [5.41, 5.74) is 0.471. The lowest BCUT2D eigenvalue weighted by Crippen LogP contribution is -2.10. The van der Waals surface area contributed by atoms with Crippen molar-refractivity contribution in [3.63, 3.8) is 0 Å². The molecule has 0 radical (unpaired) electrons. The molecule has 17 heavy (non-hydrogen) atoms. The lowest BCUT2D eigenvalue weighted by atomic mass is 10.3. The number of para-hydroxylation sites is 1. The third-order valence-corrected chi connectivity index (χ3v) is 3.67. The van der Waals surface area contributed by atoms with Gasteiger partial charge in [0.15, 0.2) is 5.13 Å². The van der Waals surface area contributed by atoms with Gasteiger partial charge in [0.2, 0.25) is 0 Å². The maximum atomic E-state index is 13.6. The molecule has 0 fully saturated rings. The lowest BCUT2D eigenvalue weighted by molar-refractivity contribution is 0.203. The molecule has 1 aromatic heterocycles. The Hall–Kier alpha value is -1.46. The normalized spacial score (nSPS) is 12.5. The second kappa shape index (κ2) is 4.81. The van der Waals surface area contributed by atoms with Crippen LogP contribution in [0.15, 0.2) is 30.5 Å². The van der Waals surface area contributed by atoms with E-state index in [4.69, 9.17) is 0 Å². The van der Waals surface area contributed by atoms with E-state index in [0.29, 0.717) is 10.8 Å². The maximum absolute atomic E-state index is 13.6. The predicted octanol–water partition coefficient (Wildman–Crippen LogP) is 3.10. The number of halogens is 1. The van der Waals surface area contributed by atoms with Crippen LogP contribution in [0.3, 0.4) is 0 Å². The molecule has 0 aliphatic rings. The van der Waals surface area contributed by atoms with E-state index >= 15 is 0 Å². The molecule has 1 unspecified atom stereocenters. The Morgan fingerprint density at radius 3 is 2.71 bits per heavy atom. The van der Waals surface area contributed by atoms with Crippen LogP contribution in [-0.2, 0) is 0 Å². The number of rotatable bonds is 3. The van der Waals surface area contributed by atoms with Crippen molar-refractivity contribution >= 4 is 22.2 Å². The summed E-state index contributed by atoms with van der Waals surface area (Å²) in [6.45, 7) is 1.68. The molecule has 1 N–H and O–H groups in total. The van der Waals surface area contributed by atoms with E-state index < -0.39 is 6.10 Å². The monoisotopic (exact) mass is 252 g/mol. The minimum Gasteiger partial charge on any atom is -0.388 e. The van der Waals surface area contributed by atoms with Crippen molar-refractivity contribution in [2.45, 2.75) is 13.0 Å². The topological polar surface area (TPSA) is 36.4 Å². The average molecular weight is 252 g/mol. The minimum atomic E-state index is -0.546. The van der Waals surface area contributed by atoms with Crippen LogP contribution in [0.1, 0.15) is 17.9 Å². The summed E-state index contributed by atoms with van der Waals surface area (Å²) in [6.07, 6.45) is 1.07. The smallest absolute Gasteiger partial charge is 0.189 e. The molecule has 0 aliphatic carbocycles. The van der Waals surface area contributed by atoms with Crippen LogP contribution >= 0.6 is 11.3 Å². The van der Waals surface area contributed by atoms with Crippen molar-refractivity contribution in [1.82, 2.24) is 4.98 Å². The third-order valence-electron chi connectivity index (χ3n) is 2.42. The van der Waals surface area contributed by atoms with Gasteiger partial charge in [0.25, 0.3) is 0 Å². The number of thiazole rings is 1. The Morgan fingerprint density at radius 1 is 1.41 bits per heavy atom. The second-order valence-electron chi connectivity index (χ2n) is 3.73. The van der Waals surface area contributed by atoms with Crippen molar-refractivity contribution in [2.24, 2.45) is 0 Å². The highest BCUT2D eigenvalue weighted by Gasteiger charge is 2.13.